The Balaban J connectivity index is 3.19. The van der Waals surface area contributed by atoms with Crippen LogP contribution >= 0.6 is 0 Å². The summed E-state index contributed by atoms with van der Waals surface area (Å²) >= 11 is 0. The van der Waals surface area contributed by atoms with E-state index in [0.29, 0.717) is 0 Å². The summed E-state index contributed by atoms with van der Waals surface area (Å²) in [6.07, 6.45) is 0. The fourth-order valence-corrected chi connectivity index (χ4v) is 1.33. The average Bonchev–Trinajstić information content (AvgIpc) is 2.13. The zero-order valence-corrected chi connectivity index (χ0v) is 11.3. The third-order valence-corrected chi connectivity index (χ3v) is 2.91. The Morgan fingerprint density at radius 2 is 1.94 bits per heavy atom. The minimum Gasteiger partial charge on any atom is -0.368 e. The van der Waals surface area contributed by atoms with Gasteiger partial charge in [0.15, 0.2) is 0 Å². The van der Waals surface area contributed by atoms with Gasteiger partial charge in [-0.1, -0.05) is 20.8 Å². The summed E-state index contributed by atoms with van der Waals surface area (Å²) in [5.74, 6) is 0.203. The van der Waals surface area contributed by atoms with Crippen LogP contribution in [0.15, 0.2) is 0 Å². The molecule has 1 aromatic heterocycles. The number of anilines is 2. The first-order valence-electron chi connectivity index (χ1n) is 5.68. The molecule has 0 saturated heterocycles. The van der Waals surface area contributed by atoms with Crippen molar-refractivity contribution in [3.05, 3.63) is 15.8 Å². The van der Waals surface area contributed by atoms with Gasteiger partial charge in [0.2, 0.25) is 11.8 Å². The molecule has 0 aromatic carbocycles. The molecule has 0 saturated carbocycles. The molecule has 0 aliphatic heterocycles. The summed E-state index contributed by atoms with van der Waals surface area (Å²) in [6, 6.07) is 0.00454. The normalized spacial score (nSPS) is 13.2. The van der Waals surface area contributed by atoms with Crippen LogP contribution in [-0.4, -0.2) is 20.9 Å². The number of rotatable bonds is 3. The second-order valence-corrected chi connectivity index (χ2v) is 5.35. The maximum Gasteiger partial charge on any atom is 0.332 e. The van der Waals surface area contributed by atoms with Crippen molar-refractivity contribution in [2.24, 2.45) is 5.41 Å². The second-order valence-electron chi connectivity index (χ2n) is 5.35. The molecule has 7 nitrogen and oxygen atoms in total. The lowest BCUT2D eigenvalue weighted by atomic mass is 9.88. The van der Waals surface area contributed by atoms with E-state index >= 15 is 0 Å². The minimum absolute atomic E-state index is 0.00454. The molecule has 0 radical (unpaired) electrons. The van der Waals surface area contributed by atoms with Gasteiger partial charge in [-0.3, -0.25) is 10.1 Å². The van der Waals surface area contributed by atoms with Crippen LogP contribution in [-0.2, 0) is 0 Å². The monoisotopic (exact) mass is 253 g/mol. The molecule has 1 heterocycles. The Morgan fingerprint density at radius 1 is 1.39 bits per heavy atom. The van der Waals surface area contributed by atoms with E-state index < -0.39 is 4.92 Å². The molecule has 0 aliphatic rings. The number of hydrogen-bond donors (Lipinski definition) is 2. The molecular formula is C11H19N5O2. The van der Waals surface area contributed by atoms with Crippen LogP contribution in [0.5, 0.6) is 0 Å². The third kappa shape index (κ3) is 3.06. The van der Waals surface area contributed by atoms with E-state index in [1.807, 2.05) is 27.7 Å². The molecule has 7 heteroatoms. The van der Waals surface area contributed by atoms with Crippen LogP contribution < -0.4 is 11.1 Å². The largest absolute Gasteiger partial charge is 0.368 e. The number of nitrogen functional groups attached to an aromatic ring is 1. The lowest BCUT2D eigenvalue weighted by molar-refractivity contribution is -0.385. The quantitative estimate of drug-likeness (QED) is 0.631. The molecule has 1 aromatic rings. The summed E-state index contributed by atoms with van der Waals surface area (Å²) in [5.41, 5.74) is 5.61. The molecule has 3 N–H and O–H groups in total. The van der Waals surface area contributed by atoms with E-state index in [4.69, 9.17) is 5.73 Å². The molecule has 0 aliphatic carbocycles. The van der Waals surface area contributed by atoms with E-state index in [0.717, 1.165) is 0 Å². The molecule has 0 amide bonds. The average molecular weight is 253 g/mol. The van der Waals surface area contributed by atoms with E-state index in [1.54, 1.807) is 6.92 Å². The Hall–Kier alpha value is -1.92. The second kappa shape index (κ2) is 4.75. The zero-order valence-electron chi connectivity index (χ0n) is 11.3. The molecule has 1 rings (SSSR count). The smallest absolute Gasteiger partial charge is 0.332 e. The maximum atomic E-state index is 11.0. The lowest BCUT2D eigenvalue weighted by Crippen LogP contribution is -2.31. The Kier molecular flexibility index (Phi) is 3.73. The molecule has 1 atom stereocenters. The molecule has 18 heavy (non-hydrogen) atoms. The number of nitrogens with zero attached hydrogens (tertiary/aromatic N) is 3. The predicted molar refractivity (Wildman–Crippen MR) is 70.4 cm³/mol. The number of aromatic nitrogens is 2. The first kappa shape index (κ1) is 14.1. The zero-order chi connectivity index (χ0) is 14.1. The highest BCUT2D eigenvalue weighted by Crippen LogP contribution is 2.29. The maximum absolute atomic E-state index is 11.0. The van der Waals surface area contributed by atoms with Gasteiger partial charge in [-0.05, 0) is 19.3 Å². The summed E-state index contributed by atoms with van der Waals surface area (Å²) in [4.78, 5) is 18.3. The van der Waals surface area contributed by atoms with Crippen molar-refractivity contribution < 1.29 is 4.92 Å². The van der Waals surface area contributed by atoms with Crippen LogP contribution in [0.1, 0.15) is 33.4 Å². The van der Waals surface area contributed by atoms with Crippen molar-refractivity contribution in [3.8, 4) is 0 Å². The lowest BCUT2D eigenvalue weighted by Gasteiger charge is -2.28. The van der Waals surface area contributed by atoms with E-state index in [1.165, 1.54) is 0 Å². The summed E-state index contributed by atoms with van der Waals surface area (Å²) in [6.45, 7) is 9.59. The van der Waals surface area contributed by atoms with Crippen LogP contribution in [0.25, 0.3) is 0 Å². The van der Waals surface area contributed by atoms with E-state index in [2.05, 4.69) is 15.3 Å². The van der Waals surface area contributed by atoms with Gasteiger partial charge in [-0.15, -0.1) is 0 Å². The van der Waals surface area contributed by atoms with Gasteiger partial charge in [-0.25, -0.2) is 4.98 Å². The highest BCUT2D eigenvalue weighted by Gasteiger charge is 2.26. The Morgan fingerprint density at radius 3 is 2.39 bits per heavy atom. The molecule has 0 bridgehead atoms. The standard InChI is InChI=1S/C11H19N5O2/c1-6-8(16(17)18)9(15-10(12)13-6)14-7(2)11(3,4)5/h7H,1-5H3,(H3,12,13,14,15). The van der Waals surface area contributed by atoms with Crippen molar-refractivity contribution in [1.29, 1.82) is 0 Å². The molecule has 0 spiro atoms. The highest BCUT2D eigenvalue weighted by molar-refractivity contribution is 5.60. The van der Waals surface area contributed by atoms with Crippen molar-refractivity contribution >= 4 is 17.5 Å². The van der Waals surface area contributed by atoms with Crippen molar-refractivity contribution in [2.45, 2.75) is 40.7 Å². The summed E-state index contributed by atoms with van der Waals surface area (Å²) < 4.78 is 0. The fraction of sp³-hybridized carbons (Fsp3) is 0.636. The fourth-order valence-electron chi connectivity index (χ4n) is 1.33. The van der Waals surface area contributed by atoms with Crippen molar-refractivity contribution in [1.82, 2.24) is 9.97 Å². The van der Waals surface area contributed by atoms with Crippen molar-refractivity contribution in [2.75, 3.05) is 11.1 Å². The van der Waals surface area contributed by atoms with Gasteiger partial charge in [0.25, 0.3) is 0 Å². The molecular weight excluding hydrogens is 234 g/mol. The van der Waals surface area contributed by atoms with Crippen LogP contribution in [0.4, 0.5) is 17.5 Å². The summed E-state index contributed by atoms with van der Waals surface area (Å²) in [5, 5.41) is 14.1. The number of nitro groups is 1. The van der Waals surface area contributed by atoms with Crippen LogP contribution in [0, 0.1) is 22.5 Å². The van der Waals surface area contributed by atoms with Gasteiger partial charge in [0.05, 0.1) is 4.92 Å². The Labute approximate surface area is 106 Å². The molecule has 1 unspecified atom stereocenters. The predicted octanol–water partition coefficient (Wildman–Crippen LogP) is 2.12. The van der Waals surface area contributed by atoms with Gasteiger partial charge < -0.3 is 11.1 Å². The first-order chi connectivity index (χ1) is 8.12. The number of nitrogens with two attached hydrogens (primary N) is 1. The number of nitrogens with one attached hydrogen (secondary N) is 1. The molecule has 100 valence electrons. The first-order valence-corrected chi connectivity index (χ1v) is 5.68. The third-order valence-electron chi connectivity index (χ3n) is 2.91. The topological polar surface area (TPSA) is 107 Å². The minimum atomic E-state index is -0.494. The summed E-state index contributed by atoms with van der Waals surface area (Å²) in [7, 11) is 0. The van der Waals surface area contributed by atoms with Gasteiger partial charge in [0.1, 0.15) is 5.69 Å². The van der Waals surface area contributed by atoms with Gasteiger partial charge in [0, 0.05) is 6.04 Å². The van der Waals surface area contributed by atoms with Crippen molar-refractivity contribution in [3.63, 3.8) is 0 Å². The number of hydrogen-bond acceptors (Lipinski definition) is 6. The van der Waals surface area contributed by atoms with Crippen LogP contribution in [0.2, 0.25) is 0 Å². The van der Waals surface area contributed by atoms with Gasteiger partial charge in [-0.2, -0.15) is 4.98 Å². The number of aryl methyl sites for hydroxylation is 1. The van der Waals surface area contributed by atoms with E-state index in [-0.39, 0.29) is 34.6 Å². The highest BCUT2D eigenvalue weighted by atomic mass is 16.6. The van der Waals surface area contributed by atoms with E-state index in [9.17, 15) is 10.1 Å². The SMILES string of the molecule is Cc1nc(N)nc(NC(C)C(C)(C)C)c1[N+](=O)[O-]. The Bertz CT molecular complexity index is 467. The van der Waals surface area contributed by atoms with Gasteiger partial charge >= 0.3 is 5.69 Å². The molecule has 0 fully saturated rings. The van der Waals surface area contributed by atoms with Crippen LogP contribution in [0.3, 0.4) is 0 Å².